The summed E-state index contributed by atoms with van der Waals surface area (Å²) in [5.74, 6) is 0.357. The lowest BCUT2D eigenvalue weighted by atomic mass is 10.1. The predicted octanol–water partition coefficient (Wildman–Crippen LogP) is 1.24. The van der Waals surface area contributed by atoms with Gasteiger partial charge in [-0.15, -0.1) is 0 Å². The van der Waals surface area contributed by atoms with Crippen LogP contribution in [0.1, 0.15) is 19.8 Å². The van der Waals surface area contributed by atoms with Crippen molar-refractivity contribution in [2.24, 2.45) is 5.92 Å². The number of hydrogen-bond acceptors (Lipinski definition) is 4. The van der Waals surface area contributed by atoms with Gasteiger partial charge in [0.15, 0.2) is 0 Å². The molecule has 0 bridgehead atoms. The Labute approximate surface area is 137 Å². The van der Waals surface area contributed by atoms with E-state index in [0.29, 0.717) is 25.6 Å². The number of carbonyl (C=O) groups excluding carboxylic acids is 1. The molecule has 1 aliphatic heterocycles. The molecule has 23 heavy (non-hydrogen) atoms. The highest BCUT2D eigenvalue weighted by molar-refractivity contribution is 7.89. The van der Waals surface area contributed by atoms with Crippen molar-refractivity contribution in [2.45, 2.75) is 24.7 Å². The third-order valence-electron chi connectivity index (χ3n) is 3.92. The molecule has 2 rings (SSSR count). The summed E-state index contributed by atoms with van der Waals surface area (Å²) in [7, 11) is -3.55. The second kappa shape index (κ2) is 8.42. The van der Waals surface area contributed by atoms with Gasteiger partial charge in [-0.3, -0.25) is 4.79 Å². The van der Waals surface area contributed by atoms with Crippen LogP contribution in [0.4, 0.5) is 0 Å². The van der Waals surface area contributed by atoms with E-state index in [1.165, 1.54) is 12.1 Å². The Kier molecular flexibility index (Phi) is 6.56. The average Bonchev–Trinajstić information content (AvgIpc) is 3.06. The molecular weight excluding hydrogens is 316 g/mol. The Morgan fingerprint density at radius 3 is 2.70 bits per heavy atom. The first-order chi connectivity index (χ1) is 11.0. The number of carbonyl (C=O) groups is 1. The minimum Gasteiger partial charge on any atom is -0.381 e. The number of nitrogens with zero attached hydrogens (tertiary/aromatic N) is 1. The van der Waals surface area contributed by atoms with E-state index >= 15 is 0 Å². The quantitative estimate of drug-likeness (QED) is 0.772. The predicted molar refractivity (Wildman–Crippen MR) is 87.4 cm³/mol. The normalized spacial score (nSPS) is 18.0. The maximum atomic E-state index is 12.2. The van der Waals surface area contributed by atoms with Crippen LogP contribution in [-0.4, -0.2) is 52.1 Å². The van der Waals surface area contributed by atoms with E-state index in [1.54, 1.807) is 23.1 Å². The number of benzene rings is 1. The van der Waals surface area contributed by atoms with E-state index in [-0.39, 0.29) is 23.8 Å². The molecule has 1 N–H and O–H groups in total. The molecule has 7 heteroatoms. The van der Waals surface area contributed by atoms with E-state index in [4.69, 9.17) is 4.74 Å². The van der Waals surface area contributed by atoms with E-state index in [1.807, 2.05) is 6.92 Å². The Morgan fingerprint density at radius 1 is 1.35 bits per heavy atom. The maximum absolute atomic E-state index is 12.2. The number of rotatable bonds is 8. The van der Waals surface area contributed by atoms with Crippen LogP contribution in [0.2, 0.25) is 0 Å². The summed E-state index contributed by atoms with van der Waals surface area (Å²) in [5.41, 5.74) is 0. The molecule has 1 aromatic rings. The molecule has 1 aliphatic rings. The summed E-state index contributed by atoms with van der Waals surface area (Å²) in [4.78, 5) is 14.2. The first-order valence-electron chi connectivity index (χ1n) is 7.93. The Balaban J connectivity index is 1.81. The number of ether oxygens (including phenoxy) is 1. The van der Waals surface area contributed by atoms with Gasteiger partial charge in [0.1, 0.15) is 0 Å². The fraction of sp³-hybridized carbons (Fsp3) is 0.562. The van der Waals surface area contributed by atoms with E-state index in [2.05, 4.69) is 4.72 Å². The molecule has 0 spiro atoms. The SMILES string of the molecule is CCN(CC1CCOC1)C(=O)CCNS(=O)(=O)c1ccccc1. The number of amides is 1. The Morgan fingerprint density at radius 2 is 2.09 bits per heavy atom. The van der Waals surface area contributed by atoms with Gasteiger partial charge in [0.25, 0.3) is 0 Å². The van der Waals surface area contributed by atoms with Crippen LogP contribution < -0.4 is 4.72 Å². The molecule has 0 saturated carbocycles. The lowest BCUT2D eigenvalue weighted by Crippen LogP contribution is -2.37. The van der Waals surface area contributed by atoms with Gasteiger partial charge in [0.05, 0.1) is 11.5 Å². The van der Waals surface area contributed by atoms with Crippen molar-refractivity contribution in [2.75, 3.05) is 32.8 Å². The maximum Gasteiger partial charge on any atom is 0.240 e. The third kappa shape index (κ3) is 5.30. The topological polar surface area (TPSA) is 75.7 Å². The van der Waals surface area contributed by atoms with E-state index in [0.717, 1.165) is 13.0 Å². The highest BCUT2D eigenvalue weighted by Gasteiger charge is 2.22. The standard InChI is InChI=1S/C16H24N2O4S/c1-2-18(12-14-9-11-22-13-14)16(19)8-10-17-23(20,21)15-6-4-3-5-7-15/h3-7,14,17H,2,8-13H2,1H3. The van der Waals surface area contributed by atoms with Gasteiger partial charge >= 0.3 is 0 Å². The van der Waals surface area contributed by atoms with Gasteiger partial charge < -0.3 is 9.64 Å². The molecule has 0 aromatic heterocycles. The number of nitrogens with one attached hydrogen (secondary N) is 1. The van der Waals surface area contributed by atoms with Crippen molar-refractivity contribution in [3.63, 3.8) is 0 Å². The molecule has 1 fully saturated rings. The van der Waals surface area contributed by atoms with Crippen molar-refractivity contribution in [3.8, 4) is 0 Å². The van der Waals surface area contributed by atoms with Crippen LogP contribution in [0.25, 0.3) is 0 Å². The molecule has 1 heterocycles. The molecule has 6 nitrogen and oxygen atoms in total. The molecule has 1 unspecified atom stereocenters. The largest absolute Gasteiger partial charge is 0.381 e. The molecule has 1 aromatic carbocycles. The molecule has 1 amide bonds. The van der Waals surface area contributed by atoms with Crippen LogP contribution in [-0.2, 0) is 19.6 Å². The second-order valence-corrected chi connectivity index (χ2v) is 7.39. The zero-order valence-corrected chi connectivity index (χ0v) is 14.2. The van der Waals surface area contributed by atoms with Gasteiger partial charge in [-0.25, -0.2) is 13.1 Å². The first-order valence-corrected chi connectivity index (χ1v) is 9.41. The minimum atomic E-state index is -3.55. The van der Waals surface area contributed by atoms with Crippen LogP contribution >= 0.6 is 0 Å². The number of sulfonamides is 1. The summed E-state index contributed by atoms with van der Waals surface area (Å²) >= 11 is 0. The monoisotopic (exact) mass is 340 g/mol. The fourth-order valence-electron chi connectivity index (χ4n) is 2.58. The smallest absolute Gasteiger partial charge is 0.240 e. The Hall–Kier alpha value is -1.44. The third-order valence-corrected chi connectivity index (χ3v) is 5.40. The van der Waals surface area contributed by atoms with Crippen molar-refractivity contribution < 1.29 is 17.9 Å². The summed E-state index contributed by atoms with van der Waals surface area (Å²) in [6.45, 7) is 4.80. The highest BCUT2D eigenvalue weighted by atomic mass is 32.2. The highest BCUT2D eigenvalue weighted by Crippen LogP contribution is 2.14. The number of hydrogen-bond donors (Lipinski definition) is 1. The summed E-state index contributed by atoms with van der Waals surface area (Å²) in [6, 6.07) is 8.16. The first kappa shape index (κ1) is 17.9. The molecule has 1 atom stereocenters. The van der Waals surface area contributed by atoms with Crippen molar-refractivity contribution in [1.29, 1.82) is 0 Å². The Bertz CT molecular complexity index is 598. The molecule has 1 saturated heterocycles. The zero-order valence-electron chi connectivity index (χ0n) is 13.4. The van der Waals surface area contributed by atoms with E-state index < -0.39 is 10.0 Å². The lowest BCUT2D eigenvalue weighted by Gasteiger charge is -2.23. The van der Waals surface area contributed by atoms with Gasteiger partial charge in [-0.05, 0) is 25.5 Å². The van der Waals surface area contributed by atoms with Crippen molar-refractivity contribution >= 4 is 15.9 Å². The summed E-state index contributed by atoms with van der Waals surface area (Å²) in [5, 5.41) is 0. The second-order valence-electron chi connectivity index (χ2n) is 5.62. The molecule has 0 radical (unpaired) electrons. The molecule has 128 valence electrons. The fourth-order valence-corrected chi connectivity index (χ4v) is 3.63. The summed E-state index contributed by atoms with van der Waals surface area (Å²) in [6.07, 6.45) is 1.14. The zero-order chi connectivity index (χ0) is 16.7. The summed E-state index contributed by atoms with van der Waals surface area (Å²) < 4.78 is 32.0. The van der Waals surface area contributed by atoms with E-state index in [9.17, 15) is 13.2 Å². The van der Waals surface area contributed by atoms with Gasteiger partial charge in [-0.2, -0.15) is 0 Å². The van der Waals surface area contributed by atoms with Crippen LogP contribution in [0.3, 0.4) is 0 Å². The van der Waals surface area contributed by atoms with Gasteiger partial charge in [0, 0.05) is 38.6 Å². The molecular formula is C16H24N2O4S. The van der Waals surface area contributed by atoms with Crippen molar-refractivity contribution in [3.05, 3.63) is 30.3 Å². The van der Waals surface area contributed by atoms with Crippen LogP contribution in [0, 0.1) is 5.92 Å². The van der Waals surface area contributed by atoms with Crippen LogP contribution in [0.15, 0.2) is 35.2 Å². The average molecular weight is 340 g/mol. The van der Waals surface area contributed by atoms with Gasteiger partial charge in [-0.1, -0.05) is 18.2 Å². The van der Waals surface area contributed by atoms with Crippen LogP contribution in [0.5, 0.6) is 0 Å². The van der Waals surface area contributed by atoms with Gasteiger partial charge in [0.2, 0.25) is 15.9 Å². The minimum absolute atomic E-state index is 0.0323. The van der Waals surface area contributed by atoms with Crippen molar-refractivity contribution in [1.82, 2.24) is 9.62 Å². The molecule has 0 aliphatic carbocycles. The lowest BCUT2D eigenvalue weighted by molar-refractivity contribution is -0.131.